The van der Waals surface area contributed by atoms with Gasteiger partial charge in [-0.25, -0.2) is 14.6 Å². The zero-order valence-corrected chi connectivity index (χ0v) is 31.5. The molecule has 0 radical (unpaired) electrons. The number of nitrogens with zero attached hydrogens (tertiary/aromatic N) is 8. The molecule has 3 amide bonds. The fourth-order valence-corrected chi connectivity index (χ4v) is 8.73. The number of para-hydroxylation sites is 1. The second-order valence-corrected chi connectivity index (χ2v) is 15.3. The lowest BCUT2D eigenvalue weighted by Crippen LogP contribution is -2.63. The minimum Gasteiger partial charge on any atom is -0.457 e. The molecule has 3 saturated heterocycles. The summed E-state index contributed by atoms with van der Waals surface area (Å²) in [7, 11) is 0. The summed E-state index contributed by atoms with van der Waals surface area (Å²) in [5.41, 5.74) is 16.9. The van der Waals surface area contributed by atoms with Crippen LogP contribution in [0.4, 0.5) is 11.5 Å². The predicted octanol–water partition coefficient (Wildman–Crippen LogP) is 3.07. The number of nitrogen functional groups attached to an aromatic ring is 1. The van der Waals surface area contributed by atoms with Crippen molar-refractivity contribution in [2.24, 2.45) is 5.73 Å². The van der Waals surface area contributed by atoms with E-state index in [0.29, 0.717) is 23.1 Å². The number of pyridine rings is 1. The molecule has 5 atom stereocenters. The van der Waals surface area contributed by atoms with E-state index in [2.05, 4.69) is 40.3 Å². The molecule has 1 saturated carbocycles. The van der Waals surface area contributed by atoms with Crippen LogP contribution in [0.5, 0.6) is 11.5 Å². The molecule has 2 aromatic carbocycles. The number of hydrogen-bond donors (Lipinski definition) is 4. The zero-order chi connectivity index (χ0) is 39.0. The number of fused-ring (bicyclic) bond motifs is 1. The normalized spacial score (nSPS) is 24.5. The first-order valence-corrected chi connectivity index (χ1v) is 19.7. The molecular weight excluding hydrogens is 725 g/mol. The van der Waals surface area contributed by atoms with Crippen LogP contribution >= 0.6 is 0 Å². The average Bonchev–Trinajstić information content (AvgIpc) is 3.60. The van der Waals surface area contributed by atoms with Crippen molar-refractivity contribution in [3.05, 3.63) is 84.9 Å². The van der Waals surface area contributed by atoms with E-state index in [1.807, 2.05) is 65.3 Å². The highest BCUT2D eigenvalue weighted by Gasteiger charge is 2.39. The van der Waals surface area contributed by atoms with Gasteiger partial charge in [-0.3, -0.25) is 34.5 Å². The molecule has 294 valence electrons. The van der Waals surface area contributed by atoms with Gasteiger partial charge in [-0.05, 0) is 74.6 Å². The van der Waals surface area contributed by atoms with E-state index in [1.54, 1.807) is 6.20 Å². The molecule has 5 aromatic rings. The van der Waals surface area contributed by atoms with Crippen molar-refractivity contribution in [2.45, 2.75) is 68.9 Å². The Hall–Kier alpha value is -5.97. The third-order valence-corrected chi connectivity index (χ3v) is 11.9. The number of benzene rings is 2. The molecule has 16 nitrogen and oxygen atoms in total. The monoisotopic (exact) mass is 770 g/mol. The van der Waals surface area contributed by atoms with E-state index in [4.69, 9.17) is 21.3 Å². The third-order valence-electron chi connectivity index (χ3n) is 11.9. The summed E-state index contributed by atoms with van der Waals surface area (Å²) in [4.78, 5) is 57.6. The van der Waals surface area contributed by atoms with Gasteiger partial charge in [0.05, 0.1) is 35.0 Å². The maximum atomic E-state index is 13.1. The van der Waals surface area contributed by atoms with Gasteiger partial charge in [0.25, 0.3) is 5.91 Å². The van der Waals surface area contributed by atoms with Crippen molar-refractivity contribution in [3.8, 4) is 22.8 Å². The highest BCUT2D eigenvalue weighted by molar-refractivity contribution is 6.04. The van der Waals surface area contributed by atoms with Crippen LogP contribution in [-0.2, 0) is 9.59 Å². The summed E-state index contributed by atoms with van der Waals surface area (Å²) < 4.78 is 8.01. The number of hydrogen-bond acceptors (Lipinski definition) is 13. The summed E-state index contributed by atoms with van der Waals surface area (Å²) in [5.74, 6) is 0.688. The first-order valence-electron chi connectivity index (χ1n) is 19.7. The number of carbonyl (C=O) groups excluding carboxylic acids is 3. The SMILES string of the molecule is Nc1ncnc2c1c(-c1ccc(Oc3ccccc3)cc1)nn2C1CC(N2CCN(C3CCN3c3cncc(C(=O)NC4CCC(=O)NC4=O)c3)CC2)CCC1N. The number of ether oxygens (including phenoxy) is 1. The minimum absolute atomic E-state index is 0.0675. The van der Waals surface area contributed by atoms with Crippen molar-refractivity contribution >= 4 is 40.3 Å². The second kappa shape index (κ2) is 15.5. The Morgan fingerprint density at radius 1 is 0.877 bits per heavy atom. The largest absolute Gasteiger partial charge is 0.457 e. The first kappa shape index (κ1) is 36.7. The Balaban J connectivity index is 0.851. The van der Waals surface area contributed by atoms with Crippen LogP contribution in [0.1, 0.15) is 54.9 Å². The summed E-state index contributed by atoms with van der Waals surface area (Å²) in [6, 6.07) is 18.8. The van der Waals surface area contributed by atoms with Crippen LogP contribution in [0.25, 0.3) is 22.3 Å². The third kappa shape index (κ3) is 7.38. The number of anilines is 2. The Morgan fingerprint density at radius 2 is 1.65 bits per heavy atom. The number of piperidine rings is 1. The van der Waals surface area contributed by atoms with Crippen molar-refractivity contribution in [2.75, 3.05) is 43.4 Å². The van der Waals surface area contributed by atoms with Crippen LogP contribution < -0.4 is 31.7 Å². The van der Waals surface area contributed by atoms with E-state index in [1.165, 1.54) is 12.5 Å². The van der Waals surface area contributed by atoms with E-state index in [0.717, 1.165) is 92.2 Å². The van der Waals surface area contributed by atoms with Crippen LogP contribution in [0.15, 0.2) is 79.4 Å². The van der Waals surface area contributed by atoms with Gasteiger partial charge in [-0.1, -0.05) is 18.2 Å². The number of amides is 3. The molecule has 6 heterocycles. The fourth-order valence-electron chi connectivity index (χ4n) is 8.73. The van der Waals surface area contributed by atoms with Crippen LogP contribution in [0.2, 0.25) is 0 Å². The van der Waals surface area contributed by atoms with Gasteiger partial charge >= 0.3 is 0 Å². The van der Waals surface area contributed by atoms with Gasteiger partial charge in [0.15, 0.2) is 5.65 Å². The van der Waals surface area contributed by atoms with E-state index >= 15 is 0 Å². The summed E-state index contributed by atoms with van der Waals surface area (Å²) in [5, 5.41) is 10.9. The standard InChI is InChI=1S/C41H46N12O4/c42-31-11-8-27(21-33(31)53-39-36(38(43)45-24-46-39)37(49-53)25-6-9-30(10-7-25)57-29-4-2-1-3-5-29)50-16-18-51(19-17-50)35-14-15-52(35)28-20-26(22-44-23-28)40(55)47-32-12-13-34(54)48-41(32)56/h1-7,9-10,20,22-24,27,31-33,35H,8,11-19,21,42H2,(H,47,55)(H2,43,45,46)(H,48,54,56). The van der Waals surface area contributed by atoms with E-state index in [-0.39, 0.29) is 42.9 Å². The molecule has 6 N–H and O–H groups in total. The summed E-state index contributed by atoms with van der Waals surface area (Å²) in [6.07, 6.45) is 9.24. The van der Waals surface area contributed by atoms with Crippen molar-refractivity contribution in [1.82, 2.24) is 45.2 Å². The lowest BCUT2D eigenvalue weighted by molar-refractivity contribution is -0.134. The van der Waals surface area contributed by atoms with Gasteiger partial charge < -0.3 is 26.4 Å². The Kier molecular flexibility index (Phi) is 9.98. The molecule has 0 bridgehead atoms. The quantitative estimate of drug-likeness (QED) is 0.160. The predicted molar refractivity (Wildman–Crippen MR) is 213 cm³/mol. The number of aromatic nitrogens is 5. The second-order valence-electron chi connectivity index (χ2n) is 15.3. The molecule has 3 aliphatic heterocycles. The topological polar surface area (TPSA) is 203 Å². The molecular formula is C41H46N12O4. The van der Waals surface area contributed by atoms with Crippen LogP contribution in [-0.4, -0.2) is 109 Å². The van der Waals surface area contributed by atoms with Gasteiger partial charge in [-0.15, -0.1) is 0 Å². The van der Waals surface area contributed by atoms with Crippen molar-refractivity contribution < 1.29 is 19.1 Å². The van der Waals surface area contributed by atoms with Gasteiger partial charge in [-0.2, -0.15) is 5.10 Å². The molecule has 57 heavy (non-hydrogen) atoms. The molecule has 0 spiro atoms. The van der Waals surface area contributed by atoms with Crippen LogP contribution in [0, 0.1) is 0 Å². The Morgan fingerprint density at radius 3 is 2.40 bits per heavy atom. The number of nitrogens with two attached hydrogens (primary N) is 2. The zero-order valence-electron chi connectivity index (χ0n) is 31.5. The highest BCUT2D eigenvalue weighted by atomic mass is 16.5. The number of piperazine rings is 1. The average molecular weight is 771 g/mol. The smallest absolute Gasteiger partial charge is 0.253 e. The summed E-state index contributed by atoms with van der Waals surface area (Å²) in [6.45, 7) is 4.56. The molecule has 5 unspecified atom stereocenters. The molecule has 3 aromatic heterocycles. The number of rotatable bonds is 9. The molecule has 1 aliphatic carbocycles. The Labute approximate surface area is 329 Å². The molecule has 4 aliphatic rings. The number of nitrogens with one attached hydrogen (secondary N) is 2. The van der Waals surface area contributed by atoms with Crippen molar-refractivity contribution in [1.29, 1.82) is 0 Å². The lowest BCUT2D eigenvalue weighted by Gasteiger charge is -2.52. The number of imide groups is 1. The molecule has 4 fully saturated rings. The first-order chi connectivity index (χ1) is 27.8. The van der Waals surface area contributed by atoms with Gasteiger partial charge in [0, 0.05) is 63.0 Å². The lowest BCUT2D eigenvalue weighted by atomic mass is 9.86. The molecule has 16 heteroatoms. The highest BCUT2D eigenvalue weighted by Crippen LogP contribution is 2.38. The number of carbonyl (C=O) groups is 3. The maximum absolute atomic E-state index is 13.1. The minimum atomic E-state index is -0.740. The van der Waals surface area contributed by atoms with E-state index in [9.17, 15) is 14.4 Å². The molecule has 9 rings (SSSR count). The Bertz CT molecular complexity index is 2280. The van der Waals surface area contributed by atoms with Gasteiger partial charge in [0.1, 0.15) is 35.4 Å². The van der Waals surface area contributed by atoms with Crippen molar-refractivity contribution in [3.63, 3.8) is 0 Å². The fraction of sp³-hybridized carbons (Fsp3) is 0.390. The van der Waals surface area contributed by atoms with Gasteiger partial charge in [0.2, 0.25) is 11.8 Å². The van der Waals surface area contributed by atoms with Crippen LogP contribution in [0.3, 0.4) is 0 Å². The van der Waals surface area contributed by atoms with E-state index < -0.39 is 11.9 Å². The summed E-state index contributed by atoms with van der Waals surface area (Å²) >= 11 is 0. The maximum Gasteiger partial charge on any atom is 0.253 e.